The van der Waals surface area contributed by atoms with Gasteiger partial charge in [0.1, 0.15) is 30.5 Å². The Morgan fingerprint density at radius 1 is 1.18 bits per heavy atom. The van der Waals surface area contributed by atoms with Crippen LogP contribution >= 0.6 is 0 Å². The zero-order valence-electron chi connectivity index (χ0n) is 21.3. The maximum absolute atomic E-state index is 12.7. The number of carbonyl (C=O) groups excluding carboxylic acids is 1. The van der Waals surface area contributed by atoms with Crippen molar-refractivity contribution in [3.05, 3.63) is 47.7 Å². The van der Waals surface area contributed by atoms with Crippen molar-refractivity contribution >= 4 is 5.97 Å². The van der Waals surface area contributed by atoms with Crippen molar-refractivity contribution in [2.45, 2.75) is 55.9 Å². The maximum Gasteiger partial charge on any atom is 0.337 e. The van der Waals surface area contributed by atoms with E-state index in [-0.39, 0.29) is 17.4 Å². The normalized spacial score (nSPS) is 34.9. The van der Waals surface area contributed by atoms with Crippen molar-refractivity contribution in [2.75, 3.05) is 27.4 Å². The first-order valence-corrected chi connectivity index (χ1v) is 12.5. The van der Waals surface area contributed by atoms with Crippen LogP contribution in [0.2, 0.25) is 0 Å². The van der Waals surface area contributed by atoms with Gasteiger partial charge in [0.25, 0.3) is 0 Å². The van der Waals surface area contributed by atoms with Gasteiger partial charge >= 0.3 is 5.97 Å². The molecule has 9 atom stereocenters. The number of nitrogens with two attached hydrogens (primary N) is 1. The number of benzene rings is 1. The third kappa shape index (κ3) is 5.38. The van der Waals surface area contributed by atoms with E-state index in [0.717, 1.165) is 24.1 Å². The molecule has 0 unspecified atom stereocenters. The molecule has 210 valence electrons. The van der Waals surface area contributed by atoms with Crippen LogP contribution in [-0.4, -0.2) is 95.9 Å². The summed E-state index contributed by atoms with van der Waals surface area (Å²) in [5.41, 5.74) is 2.23. The second-order valence-electron chi connectivity index (χ2n) is 9.66. The van der Waals surface area contributed by atoms with E-state index in [1.165, 1.54) is 20.5 Å². The van der Waals surface area contributed by atoms with Gasteiger partial charge in [0.15, 0.2) is 17.8 Å². The molecular formula is C26H36NO11+. The number of aliphatic hydroxyl groups excluding tert-OH is 4. The maximum atomic E-state index is 12.7. The minimum atomic E-state index is -1.62. The lowest BCUT2D eigenvalue weighted by Crippen LogP contribution is -2.87. The summed E-state index contributed by atoms with van der Waals surface area (Å²) in [5, 5.41) is 52.6. The molecule has 12 heteroatoms. The summed E-state index contributed by atoms with van der Waals surface area (Å²) in [6.45, 7) is 4.08. The number of fused-ring (bicyclic) bond motifs is 1. The summed E-state index contributed by atoms with van der Waals surface area (Å²) in [5.74, 6) is -1.27. The van der Waals surface area contributed by atoms with Crippen LogP contribution < -0.4 is 10.1 Å². The van der Waals surface area contributed by atoms with E-state index in [9.17, 15) is 30.3 Å². The number of phenols is 1. The van der Waals surface area contributed by atoms with Crippen LogP contribution in [0.1, 0.15) is 23.6 Å². The summed E-state index contributed by atoms with van der Waals surface area (Å²) >= 11 is 0. The summed E-state index contributed by atoms with van der Waals surface area (Å²) in [6, 6.07) is 3.39. The van der Waals surface area contributed by atoms with Crippen LogP contribution in [0.25, 0.3) is 0 Å². The zero-order chi connectivity index (χ0) is 27.6. The van der Waals surface area contributed by atoms with Crippen LogP contribution in [0.4, 0.5) is 0 Å². The van der Waals surface area contributed by atoms with Crippen LogP contribution in [-0.2, 0) is 30.2 Å². The van der Waals surface area contributed by atoms with Gasteiger partial charge in [-0.3, -0.25) is 0 Å². The fourth-order valence-electron chi connectivity index (χ4n) is 5.44. The smallest absolute Gasteiger partial charge is 0.337 e. The second-order valence-corrected chi connectivity index (χ2v) is 9.66. The Hall–Kier alpha value is -2.71. The lowest BCUT2D eigenvalue weighted by molar-refractivity contribution is -0.700. The van der Waals surface area contributed by atoms with Crippen molar-refractivity contribution in [3.8, 4) is 11.5 Å². The average molecular weight is 539 g/mol. The van der Waals surface area contributed by atoms with Gasteiger partial charge in [-0.25, -0.2) is 4.79 Å². The minimum absolute atomic E-state index is 0.0603. The van der Waals surface area contributed by atoms with E-state index >= 15 is 0 Å². The molecule has 0 saturated carbocycles. The minimum Gasteiger partial charge on any atom is -0.504 e. The lowest BCUT2D eigenvalue weighted by atomic mass is 9.77. The summed E-state index contributed by atoms with van der Waals surface area (Å²) in [6.07, 6.45) is -4.40. The second kappa shape index (κ2) is 12.0. The summed E-state index contributed by atoms with van der Waals surface area (Å²) in [4.78, 5) is 12.7. The number of ether oxygens (including phenoxy) is 5. The molecule has 38 heavy (non-hydrogen) atoms. The van der Waals surface area contributed by atoms with Gasteiger partial charge in [0, 0.05) is 30.2 Å². The zero-order valence-corrected chi connectivity index (χ0v) is 21.3. The van der Waals surface area contributed by atoms with Gasteiger partial charge in [-0.1, -0.05) is 6.08 Å². The fraction of sp³-hybridized carbons (Fsp3) is 0.577. The van der Waals surface area contributed by atoms with Gasteiger partial charge in [-0.2, -0.15) is 0 Å². The Labute approximate surface area is 220 Å². The number of hydrogen-bond donors (Lipinski definition) is 6. The number of carbonyl (C=O) groups is 1. The van der Waals surface area contributed by atoms with Crippen molar-refractivity contribution < 1.29 is 59.3 Å². The van der Waals surface area contributed by atoms with E-state index in [1.54, 1.807) is 18.2 Å². The van der Waals surface area contributed by atoms with Gasteiger partial charge < -0.3 is 54.5 Å². The Morgan fingerprint density at radius 2 is 1.95 bits per heavy atom. The average Bonchev–Trinajstić information content (AvgIpc) is 2.92. The first-order valence-electron chi connectivity index (χ1n) is 12.5. The predicted molar refractivity (Wildman–Crippen MR) is 130 cm³/mol. The molecule has 3 heterocycles. The molecule has 1 fully saturated rings. The number of aromatic hydroxyl groups is 1. The van der Waals surface area contributed by atoms with Crippen molar-refractivity contribution in [3.63, 3.8) is 0 Å². The SMILES string of the molecule is C=C[C@H]1[C@H](O[C@@H]2O[C@H](CO)[C@@H](O)[C@H](O)[C@H]2O)OC=C(C(=O)OC)[C@H]1C[C@@H]1[NH2+]CCc2cc(O)c(OC)cc21. The number of methoxy groups -OCH3 is 2. The highest BCUT2D eigenvalue weighted by Gasteiger charge is 2.48. The molecule has 1 aromatic rings. The van der Waals surface area contributed by atoms with E-state index in [1.807, 2.05) is 0 Å². The summed E-state index contributed by atoms with van der Waals surface area (Å²) in [7, 11) is 2.75. The standard InChI is InChI=1S/C26H35NO11/c1-4-13-15(8-17-14-9-19(34-2)18(29)7-12(14)5-6-27-17)16(24(33)35-3)11-36-25(13)38-26-23(32)22(31)21(30)20(10-28)37-26/h4,7,9,11,13,15,17,20-23,25-32H,1,5-6,8,10H2,2-3H3/p+1/t13-,15+,17+,20-,21-,22+,23-,25+,26+/m1/s1. The number of hydrogen-bond acceptors (Lipinski definition) is 11. The fourth-order valence-corrected chi connectivity index (χ4v) is 5.44. The van der Waals surface area contributed by atoms with Crippen LogP contribution in [0.15, 0.2) is 36.6 Å². The Balaban J connectivity index is 1.62. The van der Waals surface area contributed by atoms with Crippen molar-refractivity contribution in [1.82, 2.24) is 0 Å². The number of esters is 1. The summed E-state index contributed by atoms with van der Waals surface area (Å²) < 4.78 is 27.4. The van der Waals surface area contributed by atoms with E-state index in [0.29, 0.717) is 12.2 Å². The topological polar surface area (TPSA) is 181 Å². The van der Waals surface area contributed by atoms with Crippen molar-refractivity contribution in [1.29, 1.82) is 0 Å². The molecule has 3 aliphatic heterocycles. The first kappa shape index (κ1) is 28.3. The molecule has 1 aromatic carbocycles. The molecule has 0 aliphatic carbocycles. The predicted octanol–water partition coefficient (Wildman–Crippen LogP) is -1.40. The van der Waals surface area contributed by atoms with Gasteiger partial charge in [-0.05, 0) is 17.7 Å². The van der Waals surface area contributed by atoms with E-state index in [4.69, 9.17) is 23.7 Å². The third-order valence-corrected chi connectivity index (χ3v) is 7.53. The number of aliphatic hydroxyl groups is 4. The third-order valence-electron chi connectivity index (χ3n) is 7.53. The Morgan fingerprint density at radius 3 is 2.61 bits per heavy atom. The van der Waals surface area contributed by atoms with E-state index in [2.05, 4.69) is 11.9 Å². The molecule has 0 bridgehead atoms. The molecule has 0 radical (unpaired) electrons. The van der Waals surface area contributed by atoms with Crippen LogP contribution in [0.5, 0.6) is 11.5 Å². The molecule has 7 N–H and O–H groups in total. The molecule has 0 amide bonds. The highest BCUT2D eigenvalue weighted by atomic mass is 16.8. The quantitative estimate of drug-likeness (QED) is 0.169. The van der Waals surface area contributed by atoms with Crippen LogP contribution in [0, 0.1) is 11.8 Å². The molecule has 0 spiro atoms. The molecule has 1 saturated heterocycles. The van der Waals surface area contributed by atoms with Gasteiger partial charge in [0.2, 0.25) is 6.29 Å². The van der Waals surface area contributed by atoms with Gasteiger partial charge in [-0.15, -0.1) is 6.58 Å². The monoisotopic (exact) mass is 538 g/mol. The number of quaternary nitrogens is 1. The molecule has 12 nitrogen and oxygen atoms in total. The Bertz CT molecular complexity index is 1040. The molecular weight excluding hydrogens is 502 g/mol. The van der Waals surface area contributed by atoms with Gasteiger partial charge in [0.05, 0.1) is 39.2 Å². The molecule has 4 rings (SSSR count). The Kier molecular flexibility index (Phi) is 8.93. The van der Waals surface area contributed by atoms with Crippen molar-refractivity contribution in [2.24, 2.45) is 11.8 Å². The molecule has 0 aromatic heterocycles. The number of rotatable bonds is 8. The highest BCUT2D eigenvalue weighted by Crippen LogP contribution is 2.41. The number of phenolic OH excluding ortho intramolecular Hbond substituents is 1. The van der Waals surface area contributed by atoms with E-state index < -0.39 is 61.4 Å². The first-order chi connectivity index (χ1) is 18.2. The van der Waals surface area contributed by atoms with Crippen LogP contribution in [0.3, 0.4) is 0 Å². The molecule has 3 aliphatic rings. The lowest BCUT2D eigenvalue weighted by Gasteiger charge is -2.43. The highest BCUT2D eigenvalue weighted by molar-refractivity contribution is 5.89. The largest absolute Gasteiger partial charge is 0.504 e.